The summed E-state index contributed by atoms with van der Waals surface area (Å²) in [5.74, 6) is 1.01. The maximum absolute atomic E-state index is 8.91. The second kappa shape index (κ2) is 9.65. The fourth-order valence-electron chi connectivity index (χ4n) is 2.18. The van der Waals surface area contributed by atoms with Crippen LogP contribution in [0.5, 0.6) is 0 Å². The third kappa shape index (κ3) is 5.94. The van der Waals surface area contributed by atoms with E-state index in [2.05, 4.69) is 60.0 Å². The average molecular weight is 348 g/mol. The lowest BCUT2D eigenvalue weighted by Crippen LogP contribution is -2.34. The molecule has 23 heavy (non-hydrogen) atoms. The van der Waals surface area contributed by atoms with Gasteiger partial charge in [-0.25, -0.2) is 4.57 Å². The Bertz CT molecular complexity index is 612. The zero-order chi connectivity index (χ0) is 16.5. The predicted octanol–water partition coefficient (Wildman–Crippen LogP) is 3.15. The SMILES string of the molecule is CN(CCSS)c1ccc(/C=C/c2cc[n+](CCO)cc2)cc1. The second-order valence-corrected chi connectivity index (χ2v) is 6.71. The fraction of sp³-hybridized carbons (Fsp3) is 0.278. The van der Waals surface area contributed by atoms with Gasteiger partial charge in [0.2, 0.25) is 0 Å². The number of rotatable bonds is 8. The van der Waals surface area contributed by atoms with Crippen LogP contribution in [0.15, 0.2) is 48.8 Å². The molecule has 0 atom stereocenters. The van der Waals surface area contributed by atoms with Crippen molar-refractivity contribution in [1.29, 1.82) is 0 Å². The van der Waals surface area contributed by atoms with Crippen LogP contribution in [0.1, 0.15) is 11.1 Å². The summed E-state index contributed by atoms with van der Waals surface area (Å²) in [5.41, 5.74) is 3.54. The summed E-state index contributed by atoms with van der Waals surface area (Å²) in [6.45, 7) is 1.78. The van der Waals surface area contributed by atoms with Gasteiger partial charge in [-0.3, -0.25) is 0 Å². The zero-order valence-corrected chi connectivity index (χ0v) is 15.0. The Morgan fingerprint density at radius 2 is 1.70 bits per heavy atom. The van der Waals surface area contributed by atoms with Crippen molar-refractivity contribution in [3.63, 3.8) is 0 Å². The van der Waals surface area contributed by atoms with Crippen molar-refractivity contribution in [3.8, 4) is 0 Å². The molecule has 1 aromatic heterocycles. The minimum absolute atomic E-state index is 0.160. The van der Waals surface area contributed by atoms with Crippen molar-refractivity contribution >= 4 is 40.3 Å². The molecule has 2 aromatic rings. The molecule has 1 heterocycles. The molecular formula is C18H23N2OS2+. The highest BCUT2D eigenvalue weighted by atomic mass is 33.1. The summed E-state index contributed by atoms with van der Waals surface area (Å²) < 4.78 is 1.96. The van der Waals surface area contributed by atoms with Crippen LogP contribution in [0, 0.1) is 0 Å². The third-order valence-corrected chi connectivity index (χ3v) is 4.51. The van der Waals surface area contributed by atoms with Crippen molar-refractivity contribution in [2.45, 2.75) is 6.54 Å². The van der Waals surface area contributed by atoms with Crippen molar-refractivity contribution in [2.24, 2.45) is 0 Å². The largest absolute Gasteiger partial charge is 0.390 e. The van der Waals surface area contributed by atoms with E-state index in [9.17, 15) is 0 Å². The van der Waals surface area contributed by atoms with Crippen LogP contribution >= 0.6 is 22.5 Å². The minimum atomic E-state index is 0.160. The van der Waals surface area contributed by atoms with Crippen molar-refractivity contribution in [2.75, 3.05) is 30.9 Å². The van der Waals surface area contributed by atoms with Crippen LogP contribution in [0.4, 0.5) is 5.69 Å². The molecular weight excluding hydrogens is 324 g/mol. The molecule has 0 bridgehead atoms. The van der Waals surface area contributed by atoms with Crippen LogP contribution < -0.4 is 9.47 Å². The molecule has 0 amide bonds. The fourth-order valence-corrected chi connectivity index (χ4v) is 2.78. The van der Waals surface area contributed by atoms with E-state index in [1.165, 1.54) is 11.3 Å². The Balaban J connectivity index is 1.97. The maximum atomic E-state index is 8.91. The standard InChI is InChI=1S/C18H22N2OS2/c1-19(13-15-23-22)18-6-4-16(5-7-18)2-3-17-8-10-20(11-9-17)12-14-21/h2-11,21H,12-15H2,1H3/p+1. The molecule has 0 fully saturated rings. The van der Waals surface area contributed by atoms with Gasteiger partial charge in [-0.2, -0.15) is 0 Å². The minimum Gasteiger partial charge on any atom is -0.390 e. The van der Waals surface area contributed by atoms with Crippen molar-refractivity contribution in [1.82, 2.24) is 0 Å². The first-order valence-electron chi connectivity index (χ1n) is 7.58. The van der Waals surface area contributed by atoms with Gasteiger partial charge >= 0.3 is 0 Å². The first-order valence-corrected chi connectivity index (χ1v) is 9.62. The van der Waals surface area contributed by atoms with E-state index in [4.69, 9.17) is 5.11 Å². The van der Waals surface area contributed by atoms with E-state index >= 15 is 0 Å². The van der Waals surface area contributed by atoms with E-state index in [-0.39, 0.29) is 6.61 Å². The number of hydrogen-bond acceptors (Lipinski definition) is 4. The van der Waals surface area contributed by atoms with Gasteiger partial charge in [-0.1, -0.05) is 35.1 Å². The normalized spacial score (nSPS) is 11.1. The Morgan fingerprint density at radius 1 is 1.09 bits per heavy atom. The van der Waals surface area contributed by atoms with E-state index in [0.29, 0.717) is 6.54 Å². The first-order chi connectivity index (χ1) is 11.2. The summed E-state index contributed by atoms with van der Waals surface area (Å²) in [5, 5.41) is 8.91. The lowest BCUT2D eigenvalue weighted by Gasteiger charge is -2.18. The Labute approximate surface area is 147 Å². The highest BCUT2D eigenvalue weighted by Gasteiger charge is 2.00. The number of thiol groups is 1. The molecule has 0 saturated carbocycles. The molecule has 2 rings (SSSR count). The number of benzene rings is 1. The van der Waals surface area contributed by atoms with Gasteiger partial charge in [-0.05, 0) is 23.3 Å². The van der Waals surface area contributed by atoms with E-state index < -0.39 is 0 Å². The molecule has 0 radical (unpaired) electrons. The number of aromatic nitrogens is 1. The Hall–Kier alpha value is -1.43. The van der Waals surface area contributed by atoms with E-state index in [1.807, 2.05) is 29.1 Å². The van der Waals surface area contributed by atoms with Crippen LogP contribution in [0.2, 0.25) is 0 Å². The number of pyridine rings is 1. The molecule has 5 heteroatoms. The third-order valence-electron chi connectivity index (χ3n) is 3.60. The van der Waals surface area contributed by atoms with Gasteiger partial charge < -0.3 is 10.0 Å². The zero-order valence-electron chi connectivity index (χ0n) is 13.3. The number of nitrogens with zero attached hydrogens (tertiary/aromatic N) is 2. The van der Waals surface area contributed by atoms with Gasteiger partial charge in [-0.15, -0.1) is 11.7 Å². The lowest BCUT2D eigenvalue weighted by molar-refractivity contribution is -0.698. The predicted molar refractivity (Wildman–Crippen MR) is 104 cm³/mol. The van der Waals surface area contributed by atoms with Gasteiger partial charge in [0.15, 0.2) is 18.9 Å². The molecule has 0 unspecified atom stereocenters. The molecule has 0 aliphatic rings. The summed E-state index contributed by atoms with van der Waals surface area (Å²) in [7, 11) is 3.66. The highest BCUT2D eigenvalue weighted by Crippen LogP contribution is 2.16. The number of anilines is 1. The monoisotopic (exact) mass is 347 g/mol. The molecule has 3 nitrogen and oxygen atoms in total. The Kier molecular flexibility index (Phi) is 7.52. The Morgan fingerprint density at radius 3 is 2.26 bits per heavy atom. The first kappa shape index (κ1) is 17.9. The van der Waals surface area contributed by atoms with Gasteiger partial charge in [0.1, 0.15) is 6.61 Å². The van der Waals surface area contributed by atoms with E-state index in [0.717, 1.165) is 17.9 Å². The smallest absolute Gasteiger partial charge is 0.171 e. The molecule has 0 spiro atoms. The number of aliphatic hydroxyl groups excluding tert-OH is 1. The number of aliphatic hydroxyl groups is 1. The topological polar surface area (TPSA) is 27.4 Å². The average Bonchev–Trinajstić information content (AvgIpc) is 2.60. The molecule has 0 saturated heterocycles. The second-order valence-electron chi connectivity index (χ2n) is 5.27. The van der Waals surface area contributed by atoms with Crippen LogP contribution in [0.3, 0.4) is 0 Å². The highest BCUT2D eigenvalue weighted by molar-refractivity contribution is 8.68. The van der Waals surface area contributed by atoms with Crippen LogP contribution in [-0.4, -0.2) is 31.1 Å². The lowest BCUT2D eigenvalue weighted by atomic mass is 10.1. The van der Waals surface area contributed by atoms with Gasteiger partial charge in [0.05, 0.1) is 0 Å². The summed E-state index contributed by atoms with van der Waals surface area (Å²) >= 11 is 4.17. The molecule has 122 valence electrons. The van der Waals surface area contributed by atoms with E-state index in [1.54, 1.807) is 10.8 Å². The quantitative estimate of drug-likeness (QED) is 0.436. The van der Waals surface area contributed by atoms with Crippen LogP contribution in [-0.2, 0) is 6.54 Å². The molecule has 0 aliphatic carbocycles. The number of hydrogen-bond donors (Lipinski definition) is 2. The molecule has 1 aromatic carbocycles. The summed E-state index contributed by atoms with van der Waals surface area (Å²) in [6.07, 6.45) is 8.17. The van der Waals surface area contributed by atoms with Crippen molar-refractivity contribution < 1.29 is 9.67 Å². The van der Waals surface area contributed by atoms with Crippen LogP contribution in [0.25, 0.3) is 12.2 Å². The van der Waals surface area contributed by atoms with Gasteiger partial charge in [0.25, 0.3) is 0 Å². The molecule has 0 aliphatic heterocycles. The van der Waals surface area contributed by atoms with Gasteiger partial charge in [0, 0.05) is 37.2 Å². The summed E-state index contributed by atoms with van der Waals surface area (Å²) in [4.78, 5) is 2.23. The van der Waals surface area contributed by atoms with Crippen molar-refractivity contribution in [3.05, 3.63) is 59.9 Å². The summed E-state index contributed by atoms with van der Waals surface area (Å²) in [6, 6.07) is 12.6. The molecule has 1 N–H and O–H groups in total. The maximum Gasteiger partial charge on any atom is 0.171 e.